The lowest BCUT2D eigenvalue weighted by Gasteiger charge is -2.27. The van der Waals surface area contributed by atoms with Crippen molar-refractivity contribution in [3.8, 4) is 11.5 Å². The van der Waals surface area contributed by atoms with Gasteiger partial charge in [-0.05, 0) is 53.6 Å². The summed E-state index contributed by atoms with van der Waals surface area (Å²) < 4.78 is 29.8. The molecule has 2 aromatic carbocycles. The van der Waals surface area contributed by atoms with Gasteiger partial charge in [0.1, 0.15) is 5.82 Å². The fourth-order valence-corrected chi connectivity index (χ4v) is 4.36. The molecule has 0 amide bonds. The van der Waals surface area contributed by atoms with E-state index in [2.05, 4.69) is 5.32 Å². The highest BCUT2D eigenvalue weighted by atomic mass is 32.2. The van der Waals surface area contributed by atoms with E-state index in [0.29, 0.717) is 13.2 Å². The molecule has 0 aliphatic carbocycles. The molecule has 0 unspecified atom stereocenters. The Morgan fingerprint density at radius 2 is 2.11 bits per heavy atom. The largest absolute Gasteiger partial charge is 0.454 e. The lowest BCUT2D eigenvalue weighted by Crippen LogP contribution is -2.34. The number of nitrogens with one attached hydrogen (secondary N) is 1. The second-order valence-electron chi connectivity index (χ2n) is 6.64. The third-order valence-corrected chi connectivity index (χ3v) is 5.75. The number of hydrogen-bond donors (Lipinski definition) is 2. The molecule has 4 rings (SSSR count). The van der Waals surface area contributed by atoms with Crippen LogP contribution in [-0.4, -0.2) is 36.9 Å². The second-order valence-corrected chi connectivity index (χ2v) is 7.77. The Morgan fingerprint density at radius 3 is 3.04 bits per heavy atom. The topological polar surface area (TPSA) is 60.0 Å². The molecule has 7 heteroatoms. The summed E-state index contributed by atoms with van der Waals surface area (Å²) in [6.45, 7) is 1.25. The quantitative estimate of drug-likeness (QED) is 0.756. The molecule has 2 atom stereocenters. The average molecular weight is 391 g/mol. The smallest absolute Gasteiger partial charge is 0.231 e. The van der Waals surface area contributed by atoms with Crippen LogP contribution < -0.4 is 14.8 Å². The minimum atomic E-state index is -0.634. The normalized spacial score (nSPS) is 19.0. The standard InChI is InChI=1S/C20H22FNO4S/c21-14-2-4-20-16(8-14)17(5-6-27-20)22-9-15(23)11-24-10-13-1-3-18-19(7-13)26-12-25-18/h1-4,7-8,15,17,22-23H,5-6,9-12H2/t15-,17+/m0/s1. The summed E-state index contributed by atoms with van der Waals surface area (Å²) in [6.07, 6.45) is 0.275. The molecule has 2 heterocycles. The zero-order valence-corrected chi connectivity index (χ0v) is 15.6. The van der Waals surface area contributed by atoms with Gasteiger partial charge in [-0.15, -0.1) is 11.8 Å². The molecule has 0 bridgehead atoms. The Morgan fingerprint density at radius 1 is 1.22 bits per heavy atom. The van der Waals surface area contributed by atoms with Crippen molar-refractivity contribution in [1.82, 2.24) is 5.32 Å². The number of aliphatic hydroxyl groups is 1. The number of fused-ring (bicyclic) bond motifs is 2. The first kappa shape index (κ1) is 18.6. The molecule has 0 spiro atoms. The number of thioether (sulfide) groups is 1. The van der Waals surface area contributed by atoms with E-state index in [1.54, 1.807) is 17.8 Å². The van der Waals surface area contributed by atoms with E-state index in [9.17, 15) is 9.50 Å². The van der Waals surface area contributed by atoms with Gasteiger partial charge in [0.2, 0.25) is 6.79 Å². The number of aliphatic hydroxyl groups excluding tert-OH is 1. The number of hydrogen-bond acceptors (Lipinski definition) is 6. The third kappa shape index (κ3) is 4.55. The van der Waals surface area contributed by atoms with Gasteiger partial charge < -0.3 is 24.6 Å². The maximum Gasteiger partial charge on any atom is 0.231 e. The zero-order valence-electron chi connectivity index (χ0n) is 14.8. The van der Waals surface area contributed by atoms with Crippen LogP contribution in [0.3, 0.4) is 0 Å². The van der Waals surface area contributed by atoms with Crippen molar-refractivity contribution in [2.45, 2.75) is 30.1 Å². The zero-order chi connectivity index (χ0) is 18.6. The van der Waals surface area contributed by atoms with Crippen LogP contribution in [0, 0.1) is 5.82 Å². The Kier molecular flexibility index (Phi) is 5.83. The maximum absolute atomic E-state index is 13.6. The van der Waals surface area contributed by atoms with E-state index in [1.807, 2.05) is 24.3 Å². The highest BCUT2D eigenvalue weighted by molar-refractivity contribution is 7.99. The van der Waals surface area contributed by atoms with E-state index in [1.165, 1.54) is 6.07 Å². The predicted octanol–water partition coefficient (Wildman–Crippen LogP) is 3.26. The summed E-state index contributed by atoms with van der Waals surface area (Å²) in [5, 5.41) is 13.5. The first-order valence-electron chi connectivity index (χ1n) is 8.99. The lowest BCUT2D eigenvalue weighted by atomic mass is 10.0. The van der Waals surface area contributed by atoms with Gasteiger partial charge >= 0.3 is 0 Å². The van der Waals surface area contributed by atoms with Gasteiger partial charge in [0.05, 0.1) is 19.3 Å². The van der Waals surface area contributed by atoms with Crippen molar-refractivity contribution in [2.75, 3.05) is 25.7 Å². The maximum atomic E-state index is 13.6. The van der Waals surface area contributed by atoms with Crippen molar-refractivity contribution in [3.63, 3.8) is 0 Å². The molecule has 0 fully saturated rings. The minimum absolute atomic E-state index is 0.0560. The van der Waals surface area contributed by atoms with Crippen LogP contribution in [0.25, 0.3) is 0 Å². The van der Waals surface area contributed by atoms with E-state index in [-0.39, 0.29) is 25.3 Å². The average Bonchev–Trinajstić information content (AvgIpc) is 3.14. The van der Waals surface area contributed by atoms with Crippen molar-refractivity contribution in [2.24, 2.45) is 0 Å². The summed E-state index contributed by atoms with van der Waals surface area (Å²) in [6, 6.07) is 10.6. The van der Waals surface area contributed by atoms with Crippen molar-refractivity contribution >= 4 is 11.8 Å². The van der Waals surface area contributed by atoms with Crippen LogP contribution in [0.4, 0.5) is 4.39 Å². The SMILES string of the molecule is O[C@@H](CN[C@@H]1CCSc2ccc(F)cc21)COCc1ccc2c(c1)OCO2. The Bertz CT molecular complexity index is 804. The first-order chi connectivity index (χ1) is 13.2. The second kappa shape index (κ2) is 8.48. The highest BCUT2D eigenvalue weighted by Gasteiger charge is 2.21. The van der Waals surface area contributed by atoms with Gasteiger partial charge in [-0.3, -0.25) is 0 Å². The molecule has 5 nitrogen and oxygen atoms in total. The molecule has 0 aromatic heterocycles. The third-order valence-electron chi connectivity index (χ3n) is 4.63. The number of ether oxygens (including phenoxy) is 3. The van der Waals surface area contributed by atoms with Crippen LogP contribution >= 0.6 is 11.8 Å². The molecule has 27 heavy (non-hydrogen) atoms. The summed E-state index contributed by atoms with van der Waals surface area (Å²) in [5.74, 6) is 2.22. The van der Waals surface area contributed by atoms with Gasteiger partial charge in [0.25, 0.3) is 0 Å². The van der Waals surface area contributed by atoms with Gasteiger partial charge in [-0.1, -0.05) is 6.07 Å². The number of halogens is 1. The van der Waals surface area contributed by atoms with Crippen molar-refractivity contribution in [3.05, 3.63) is 53.3 Å². The van der Waals surface area contributed by atoms with Crippen LogP contribution in [0.5, 0.6) is 11.5 Å². The van der Waals surface area contributed by atoms with Crippen molar-refractivity contribution in [1.29, 1.82) is 0 Å². The molecular formula is C20H22FNO4S. The molecule has 2 N–H and O–H groups in total. The van der Waals surface area contributed by atoms with Crippen molar-refractivity contribution < 1.29 is 23.7 Å². The Labute approximate surface area is 161 Å². The molecule has 0 radical (unpaired) electrons. The summed E-state index contributed by atoms with van der Waals surface area (Å²) >= 11 is 1.74. The molecule has 0 saturated heterocycles. The molecule has 144 valence electrons. The molecule has 2 aliphatic heterocycles. The summed E-state index contributed by atoms with van der Waals surface area (Å²) in [4.78, 5) is 1.11. The van der Waals surface area contributed by atoms with E-state index < -0.39 is 6.10 Å². The van der Waals surface area contributed by atoms with Gasteiger partial charge in [-0.25, -0.2) is 4.39 Å². The number of rotatable bonds is 7. The predicted molar refractivity (Wildman–Crippen MR) is 101 cm³/mol. The van der Waals surface area contributed by atoms with Gasteiger partial charge in [-0.2, -0.15) is 0 Å². The molecular weight excluding hydrogens is 369 g/mol. The lowest BCUT2D eigenvalue weighted by molar-refractivity contribution is 0.0274. The van der Waals surface area contributed by atoms with E-state index >= 15 is 0 Å². The van der Waals surface area contributed by atoms with Gasteiger partial charge in [0, 0.05) is 17.5 Å². The van der Waals surface area contributed by atoms with Crippen LogP contribution in [-0.2, 0) is 11.3 Å². The Hall–Kier alpha value is -1.80. The molecule has 2 aromatic rings. The fraction of sp³-hybridized carbons (Fsp3) is 0.400. The fourth-order valence-electron chi connectivity index (χ4n) is 3.26. The van der Waals surface area contributed by atoms with Gasteiger partial charge in [0.15, 0.2) is 11.5 Å². The monoisotopic (exact) mass is 391 g/mol. The van der Waals surface area contributed by atoms with Crippen LogP contribution in [0.15, 0.2) is 41.3 Å². The Balaban J connectivity index is 1.24. The molecule has 2 aliphatic rings. The van der Waals surface area contributed by atoms with Crippen LogP contribution in [0.2, 0.25) is 0 Å². The molecule has 0 saturated carbocycles. The minimum Gasteiger partial charge on any atom is -0.454 e. The first-order valence-corrected chi connectivity index (χ1v) is 9.97. The summed E-state index contributed by atoms with van der Waals surface area (Å²) in [5.41, 5.74) is 1.94. The number of benzene rings is 2. The van der Waals surface area contributed by atoms with Crippen LogP contribution in [0.1, 0.15) is 23.6 Å². The van der Waals surface area contributed by atoms with E-state index in [4.69, 9.17) is 14.2 Å². The highest BCUT2D eigenvalue weighted by Crippen LogP contribution is 2.36. The summed E-state index contributed by atoms with van der Waals surface area (Å²) in [7, 11) is 0. The van der Waals surface area contributed by atoms with E-state index in [0.717, 1.165) is 39.7 Å².